The zero-order valence-corrected chi connectivity index (χ0v) is 13.4. The van der Waals surface area contributed by atoms with Gasteiger partial charge in [-0.2, -0.15) is 0 Å². The lowest BCUT2D eigenvalue weighted by atomic mass is 10.1. The van der Waals surface area contributed by atoms with Crippen LogP contribution in [-0.4, -0.2) is 41.8 Å². The standard InChI is InChI=1S/C16H30N2O2/c1-5-14(12-6-7-12)17-10-11-18(13-8-9-13)15(19)20-16(2,3)4/h12-14,17H,5-11H2,1-4H3. The molecular weight excluding hydrogens is 252 g/mol. The van der Waals surface area contributed by atoms with Gasteiger partial charge in [-0.1, -0.05) is 6.92 Å². The molecule has 0 radical (unpaired) electrons. The number of nitrogens with zero attached hydrogens (tertiary/aromatic N) is 1. The summed E-state index contributed by atoms with van der Waals surface area (Å²) in [5.41, 5.74) is -0.405. The van der Waals surface area contributed by atoms with Crippen molar-refractivity contribution in [2.75, 3.05) is 13.1 Å². The summed E-state index contributed by atoms with van der Waals surface area (Å²) < 4.78 is 5.50. The zero-order chi connectivity index (χ0) is 14.8. The highest BCUT2D eigenvalue weighted by Crippen LogP contribution is 2.34. The van der Waals surface area contributed by atoms with Crippen molar-refractivity contribution in [3.05, 3.63) is 0 Å². The molecule has 0 aromatic carbocycles. The number of amides is 1. The Morgan fingerprint density at radius 2 is 1.95 bits per heavy atom. The van der Waals surface area contributed by atoms with Gasteiger partial charge in [0.05, 0.1) is 0 Å². The van der Waals surface area contributed by atoms with Gasteiger partial charge in [0, 0.05) is 25.2 Å². The van der Waals surface area contributed by atoms with Gasteiger partial charge in [-0.3, -0.25) is 0 Å². The summed E-state index contributed by atoms with van der Waals surface area (Å²) in [6.45, 7) is 9.66. The highest BCUT2D eigenvalue weighted by Gasteiger charge is 2.35. The van der Waals surface area contributed by atoms with Crippen molar-refractivity contribution in [3.63, 3.8) is 0 Å². The van der Waals surface area contributed by atoms with Crippen LogP contribution in [0.1, 0.15) is 59.8 Å². The first-order chi connectivity index (χ1) is 9.40. The van der Waals surface area contributed by atoms with E-state index in [0.29, 0.717) is 12.1 Å². The molecule has 0 bridgehead atoms. The number of hydrogen-bond donors (Lipinski definition) is 1. The Labute approximate surface area is 123 Å². The van der Waals surface area contributed by atoms with E-state index in [1.165, 1.54) is 19.3 Å². The predicted octanol–water partition coefficient (Wildman–Crippen LogP) is 3.16. The van der Waals surface area contributed by atoms with Crippen LogP contribution in [0.2, 0.25) is 0 Å². The fraction of sp³-hybridized carbons (Fsp3) is 0.938. The molecule has 0 heterocycles. The number of nitrogens with one attached hydrogen (secondary N) is 1. The van der Waals surface area contributed by atoms with Crippen molar-refractivity contribution < 1.29 is 9.53 Å². The molecule has 2 saturated carbocycles. The Hall–Kier alpha value is -0.770. The van der Waals surface area contributed by atoms with Crippen LogP contribution in [0.15, 0.2) is 0 Å². The first kappa shape index (κ1) is 15.6. The van der Waals surface area contributed by atoms with Gasteiger partial charge < -0.3 is 15.0 Å². The lowest BCUT2D eigenvalue weighted by Gasteiger charge is -2.28. The minimum Gasteiger partial charge on any atom is -0.444 e. The molecule has 0 aliphatic heterocycles. The van der Waals surface area contributed by atoms with E-state index in [2.05, 4.69) is 12.2 Å². The molecule has 0 aromatic heterocycles. The van der Waals surface area contributed by atoms with Crippen molar-refractivity contribution in [2.24, 2.45) is 5.92 Å². The molecule has 4 heteroatoms. The maximum atomic E-state index is 12.2. The molecular formula is C16H30N2O2. The van der Waals surface area contributed by atoms with Crippen LogP contribution < -0.4 is 5.32 Å². The second-order valence-corrected chi connectivity index (χ2v) is 7.21. The van der Waals surface area contributed by atoms with E-state index in [9.17, 15) is 4.79 Å². The molecule has 0 aromatic rings. The van der Waals surface area contributed by atoms with Crippen molar-refractivity contribution >= 4 is 6.09 Å². The Morgan fingerprint density at radius 1 is 1.30 bits per heavy atom. The molecule has 1 atom stereocenters. The van der Waals surface area contributed by atoms with Crippen LogP contribution in [0, 0.1) is 5.92 Å². The number of carbonyl (C=O) groups is 1. The largest absolute Gasteiger partial charge is 0.444 e. The minimum atomic E-state index is -0.405. The molecule has 0 saturated heterocycles. The van der Waals surface area contributed by atoms with Gasteiger partial charge in [0.15, 0.2) is 0 Å². The van der Waals surface area contributed by atoms with Crippen LogP contribution in [0.4, 0.5) is 4.79 Å². The maximum Gasteiger partial charge on any atom is 0.410 e. The molecule has 2 rings (SSSR count). The number of ether oxygens (including phenoxy) is 1. The van der Waals surface area contributed by atoms with Crippen LogP contribution >= 0.6 is 0 Å². The molecule has 1 amide bonds. The summed E-state index contributed by atoms with van der Waals surface area (Å²) in [6.07, 6.45) is 6.01. The van der Waals surface area contributed by atoms with Crippen LogP contribution in [0.5, 0.6) is 0 Å². The smallest absolute Gasteiger partial charge is 0.410 e. The first-order valence-electron chi connectivity index (χ1n) is 8.13. The average Bonchev–Trinajstić information content (AvgIpc) is 3.19. The monoisotopic (exact) mass is 282 g/mol. The zero-order valence-electron chi connectivity index (χ0n) is 13.4. The molecule has 20 heavy (non-hydrogen) atoms. The number of carbonyl (C=O) groups excluding carboxylic acids is 1. The van der Waals surface area contributed by atoms with Crippen LogP contribution in [-0.2, 0) is 4.74 Å². The minimum absolute atomic E-state index is 0.152. The Bertz CT molecular complexity index is 330. The fourth-order valence-electron chi connectivity index (χ4n) is 2.64. The van der Waals surface area contributed by atoms with Crippen molar-refractivity contribution in [1.29, 1.82) is 0 Å². The highest BCUT2D eigenvalue weighted by atomic mass is 16.6. The lowest BCUT2D eigenvalue weighted by Crippen LogP contribution is -2.43. The van der Waals surface area contributed by atoms with E-state index in [4.69, 9.17) is 4.74 Å². The maximum absolute atomic E-state index is 12.2. The number of rotatable bonds is 7. The Balaban J connectivity index is 1.75. The van der Waals surface area contributed by atoms with Gasteiger partial charge in [-0.15, -0.1) is 0 Å². The van der Waals surface area contributed by atoms with E-state index < -0.39 is 5.60 Å². The van der Waals surface area contributed by atoms with E-state index in [0.717, 1.165) is 31.8 Å². The summed E-state index contributed by atoms with van der Waals surface area (Å²) in [7, 11) is 0. The summed E-state index contributed by atoms with van der Waals surface area (Å²) >= 11 is 0. The van der Waals surface area contributed by atoms with Crippen molar-refractivity contribution in [1.82, 2.24) is 10.2 Å². The topological polar surface area (TPSA) is 41.6 Å². The normalized spacial score (nSPS) is 20.6. The first-order valence-corrected chi connectivity index (χ1v) is 8.13. The molecule has 2 aliphatic carbocycles. The van der Waals surface area contributed by atoms with Crippen molar-refractivity contribution in [3.8, 4) is 0 Å². The summed E-state index contributed by atoms with van der Waals surface area (Å²) in [4.78, 5) is 14.1. The third-order valence-corrected chi connectivity index (χ3v) is 4.01. The molecule has 116 valence electrons. The van der Waals surface area contributed by atoms with E-state index in [-0.39, 0.29) is 6.09 Å². The summed E-state index contributed by atoms with van der Waals surface area (Å²) in [5.74, 6) is 0.871. The van der Waals surface area contributed by atoms with E-state index in [1.54, 1.807) is 0 Å². The third-order valence-electron chi connectivity index (χ3n) is 4.01. The third kappa shape index (κ3) is 4.97. The lowest BCUT2D eigenvalue weighted by molar-refractivity contribution is 0.0234. The van der Waals surface area contributed by atoms with Gasteiger partial charge >= 0.3 is 6.09 Å². The average molecular weight is 282 g/mol. The van der Waals surface area contributed by atoms with Crippen LogP contribution in [0.25, 0.3) is 0 Å². The quantitative estimate of drug-likeness (QED) is 0.780. The molecule has 0 spiro atoms. The predicted molar refractivity (Wildman–Crippen MR) is 80.8 cm³/mol. The molecule has 1 unspecified atom stereocenters. The van der Waals surface area contributed by atoms with E-state index >= 15 is 0 Å². The van der Waals surface area contributed by atoms with Crippen molar-refractivity contribution in [2.45, 2.75) is 77.5 Å². The Morgan fingerprint density at radius 3 is 2.40 bits per heavy atom. The molecule has 2 fully saturated rings. The van der Waals surface area contributed by atoms with Gasteiger partial charge in [0.25, 0.3) is 0 Å². The highest BCUT2D eigenvalue weighted by molar-refractivity contribution is 5.69. The van der Waals surface area contributed by atoms with Gasteiger partial charge in [-0.25, -0.2) is 4.79 Å². The van der Waals surface area contributed by atoms with E-state index in [1.807, 2.05) is 25.7 Å². The molecule has 2 aliphatic rings. The summed E-state index contributed by atoms with van der Waals surface area (Å²) in [5, 5.41) is 3.61. The van der Waals surface area contributed by atoms with Gasteiger partial charge in [-0.05, 0) is 58.8 Å². The summed E-state index contributed by atoms with van der Waals surface area (Å²) in [6, 6.07) is 1.04. The SMILES string of the molecule is CCC(NCCN(C(=O)OC(C)(C)C)C1CC1)C1CC1. The van der Waals surface area contributed by atoms with Gasteiger partial charge in [0.1, 0.15) is 5.60 Å². The fourth-order valence-corrected chi connectivity index (χ4v) is 2.64. The Kier molecular flexibility index (Phi) is 4.95. The molecule has 4 nitrogen and oxygen atoms in total. The second kappa shape index (κ2) is 6.33. The molecule has 1 N–H and O–H groups in total. The van der Waals surface area contributed by atoms with Gasteiger partial charge in [0.2, 0.25) is 0 Å². The van der Waals surface area contributed by atoms with Crippen LogP contribution in [0.3, 0.4) is 0 Å². The number of hydrogen-bond acceptors (Lipinski definition) is 3. The second-order valence-electron chi connectivity index (χ2n) is 7.21.